The molecule has 0 saturated heterocycles. The van der Waals surface area contributed by atoms with Crippen LogP contribution in [0.5, 0.6) is 0 Å². The van der Waals surface area contributed by atoms with Gasteiger partial charge >= 0.3 is 0 Å². The molecule has 2 rings (SSSR count). The number of non-ortho nitro benzene ring substituents is 2. The van der Waals surface area contributed by atoms with Gasteiger partial charge in [0.1, 0.15) is 0 Å². The maximum Gasteiger partial charge on any atom is 0.269 e. The first kappa shape index (κ1) is 15.5. The summed E-state index contributed by atoms with van der Waals surface area (Å²) in [7, 11) is 0. The first-order valence-corrected chi connectivity index (χ1v) is 6.24. The van der Waals surface area contributed by atoms with Crippen LogP contribution in [0.15, 0.2) is 36.4 Å². The number of rotatable bonds is 5. The molecule has 0 bridgehead atoms. The Morgan fingerprint density at radius 3 is 1.41 bits per heavy atom. The zero-order valence-corrected chi connectivity index (χ0v) is 11.3. The van der Waals surface area contributed by atoms with Gasteiger partial charge in [-0.05, 0) is 34.4 Å². The van der Waals surface area contributed by atoms with Gasteiger partial charge in [-0.15, -0.1) is 0 Å². The average Bonchev–Trinajstić information content (AvgIpc) is 2.53. The second-order valence-electron chi connectivity index (χ2n) is 4.51. The lowest BCUT2D eigenvalue weighted by Gasteiger charge is -2.11. The fourth-order valence-corrected chi connectivity index (χ4v) is 2.17. The van der Waals surface area contributed by atoms with Crippen LogP contribution in [0.25, 0.3) is 11.1 Å². The van der Waals surface area contributed by atoms with E-state index in [1.165, 1.54) is 36.4 Å². The minimum atomic E-state index is -0.578. The molecule has 2 aromatic rings. The summed E-state index contributed by atoms with van der Waals surface area (Å²) in [6, 6.07) is 7.91. The first-order chi connectivity index (χ1) is 10.5. The largest absolute Gasteiger partial charge is 0.392 e. The number of hydrogen-bond acceptors (Lipinski definition) is 6. The van der Waals surface area contributed by atoms with Gasteiger partial charge in [-0.3, -0.25) is 20.2 Å². The van der Waals surface area contributed by atoms with Crippen molar-refractivity contribution in [3.8, 4) is 11.1 Å². The van der Waals surface area contributed by atoms with Crippen LogP contribution in [-0.4, -0.2) is 20.1 Å². The van der Waals surface area contributed by atoms with Crippen molar-refractivity contribution in [3.05, 3.63) is 67.8 Å². The maximum absolute atomic E-state index is 10.8. The number of aliphatic hydroxyl groups is 2. The third-order valence-corrected chi connectivity index (χ3v) is 3.23. The fourth-order valence-electron chi connectivity index (χ4n) is 2.17. The Hall–Kier alpha value is -2.84. The lowest BCUT2D eigenvalue weighted by Crippen LogP contribution is -1.98. The van der Waals surface area contributed by atoms with Gasteiger partial charge in [0.05, 0.1) is 23.1 Å². The molecule has 0 aliphatic carbocycles. The van der Waals surface area contributed by atoms with E-state index >= 15 is 0 Å². The topological polar surface area (TPSA) is 127 Å². The highest BCUT2D eigenvalue weighted by atomic mass is 16.6. The first-order valence-electron chi connectivity index (χ1n) is 6.24. The highest BCUT2D eigenvalue weighted by Crippen LogP contribution is 2.32. The molecule has 0 fully saturated rings. The van der Waals surface area contributed by atoms with Crippen LogP contribution < -0.4 is 0 Å². The summed E-state index contributed by atoms with van der Waals surface area (Å²) in [6.45, 7) is -0.863. The molecule has 0 unspecified atom stereocenters. The van der Waals surface area contributed by atoms with Crippen molar-refractivity contribution in [1.82, 2.24) is 0 Å². The molecule has 0 saturated carbocycles. The summed E-state index contributed by atoms with van der Waals surface area (Å²) in [5, 5.41) is 40.3. The Bertz CT molecular complexity index is 681. The summed E-state index contributed by atoms with van der Waals surface area (Å²) in [5.74, 6) is 0. The van der Waals surface area contributed by atoms with E-state index in [0.717, 1.165) is 0 Å². The summed E-state index contributed by atoms with van der Waals surface area (Å²) >= 11 is 0. The van der Waals surface area contributed by atoms with Gasteiger partial charge in [0.2, 0.25) is 0 Å². The number of aliphatic hydroxyl groups excluding tert-OH is 2. The molecular weight excluding hydrogens is 292 g/mol. The SMILES string of the molecule is O=[N+]([O-])c1ccc(-c2ccc([N+](=O)[O-])cc2CO)c(CO)c1. The van der Waals surface area contributed by atoms with E-state index in [4.69, 9.17) is 0 Å². The molecule has 8 nitrogen and oxygen atoms in total. The Morgan fingerprint density at radius 2 is 1.14 bits per heavy atom. The van der Waals surface area contributed by atoms with Gasteiger partial charge in [0.15, 0.2) is 0 Å². The van der Waals surface area contributed by atoms with E-state index in [1.54, 1.807) is 0 Å². The number of nitro groups is 2. The molecule has 22 heavy (non-hydrogen) atoms. The highest BCUT2D eigenvalue weighted by Gasteiger charge is 2.16. The molecule has 0 spiro atoms. The average molecular weight is 304 g/mol. The molecule has 0 heterocycles. The summed E-state index contributed by atoms with van der Waals surface area (Å²) in [5.41, 5.74) is 1.23. The van der Waals surface area contributed by atoms with E-state index in [1.807, 2.05) is 0 Å². The molecule has 0 amide bonds. The quantitative estimate of drug-likeness (QED) is 0.643. The standard InChI is InChI=1S/C14H12N2O6/c17-7-9-5-11(15(19)20)1-3-13(9)14-4-2-12(16(21)22)6-10(14)8-18/h1-6,17-18H,7-8H2. The molecule has 0 aromatic heterocycles. The summed E-state index contributed by atoms with van der Waals surface area (Å²) < 4.78 is 0. The van der Waals surface area contributed by atoms with Crippen molar-refractivity contribution in [3.63, 3.8) is 0 Å². The number of nitro benzene ring substituents is 2. The minimum Gasteiger partial charge on any atom is -0.392 e. The van der Waals surface area contributed by atoms with Gasteiger partial charge < -0.3 is 10.2 Å². The molecule has 0 aliphatic rings. The van der Waals surface area contributed by atoms with E-state index < -0.39 is 23.1 Å². The van der Waals surface area contributed by atoms with Gasteiger partial charge in [-0.25, -0.2) is 0 Å². The van der Waals surface area contributed by atoms with Crippen molar-refractivity contribution >= 4 is 11.4 Å². The lowest BCUT2D eigenvalue weighted by atomic mass is 9.95. The second-order valence-corrected chi connectivity index (χ2v) is 4.51. The van der Waals surface area contributed by atoms with Crippen molar-refractivity contribution in [2.75, 3.05) is 0 Å². The Morgan fingerprint density at radius 1 is 0.773 bits per heavy atom. The third kappa shape index (κ3) is 2.92. The Kier molecular flexibility index (Phi) is 4.44. The van der Waals surface area contributed by atoms with Crippen molar-refractivity contribution in [1.29, 1.82) is 0 Å². The van der Waals surface area contributed by atoms with E-state index in [9.17, 15) is 30.4 Å². The highest BCUT2D eigenvalue weighted by molar-refractivity contribution is 5.73. The zero-order chi connectivity index (χ0) is 16.3. The van der Waals surface area contributed by atoms with Crippen LogP contribution in [0.3, 0.4) is 0 Å². The molecule has 114 valence electrons. The van der Waals surface area contributed by atoms with Gasteiger partial charge in [-0.2, -0.15) is 0 Å². The smallest absolute Gasteiger partial charge is 0.269 e. The van der Waals surface area contributed by atoms with Crippen LogP contribution >= 0.6 is 0 Å². The zero-order valence-electron chi connectivity index (χ0n) is 11.3. The van der Waals surface area contributed by atoms with E-state index in [-0.39, 0.29) is 11.4 Å². The Labute approximate surface area is 124 Å². The second kappa shape index (κ2) is 6.29. The molecule has 0 radical (unpaired) electrons. The van der Waals surface area contributed by atoms with Gasteiger partial charge in [-0.1, -0.05) is 0 Å². The van der Waals surface area contributed by atoms with Gasteiger partial charge in [0.25, 0.3) is 11.4 Å². The maximum atomic E-state index is 10.8. The number of hydrogen-bond donors (Lipinski definition) is 2. The summed E-state index contributed by atoms with van der Waals surface area (Å²) in [6.07, 6.45) is 0. The summed E-state index contributed by atoms with van der Waals surface area (Å²) in [4.78, 5) is 20.4. The number of nitrogens with zero attached hydrogens (tertiary/aromatic N) is 2. The molecule has 0 atom stereocenters. The third-order valence-electron chi connectivity index (χ3n) is 3.23. The predicted octanol–water partition coefficient (Wildman–Crippen LogP) is 2.15. The van der Waals surface area contributed by atoms with Gasteiger partial charge in [0, 0.05) is 24.3 Å². The van der Waals surface area contributed by atoms with Crippen LogP contribution in [0.2, 0.25) is 0 Å². The molecule has 2 aromatic carbocycles. The number of benzene rings is 2. The minimum absolute atomic E-state index is 0.166. The molecule has 8 heteroatoms. The van der Waals surface area contributed by atoms with Crippen LogP contribution in [0, 0.1) is 20.2 Å². The molecular formula is C14H12N2O6. The molecule has 2 N–H and O–H groups in total. The van der Waals surface area contributed by atoms with Crippen LogP contribution in [0.4, 0.5) is 11.4 Å². The van der Waals surface area contributed by atoms with Crippen molar-refractivity contribution in [2.24, 2.45) is 0 Å². The normalized spacial score (nSPS) is 10.5. The van der Waals surface area contributed by atoms with Crippen LogP contribution in [-0.2, 0) is 13.2 Å². The van der Waals surface area contributed by atoms with Crippen molar-refractivity contribution in [2.45, 2.75) is 13.2 Å². The van der Waals surface area contributed by atoms with Crippen LogP contribution in [0.1, 0.15) is 11.1 Å². The van der Waals surface area contributed by atoms with E-state index in [2.05, 4.69) is 0 Å². The van der Waals surface area contributed by atoms with E-state index in [0.29, 0.717) is 22.3 Å². The monoisotopic (exact) mass is 304 g/mol. The predicted molar refractivity (Wildman–Crippen MR) is 77.0 cm³/mol. The lowest BCUT2D eigenvalue weighted by molar-refractivity contribution is -0.385. The molecule has 0 aliphatic heterocycles. The Balaban J connectivity index is 2.60. The van der Waals surface area contributed by atoms with Crippen molar-refractivity contribution < 1.29 is 20.1 Å². The fraction of sp³-hybridized carbons (Fsp3) is 0.143.